The van der Waals surface area contributed by atoms with Crippen LogP contribution in [0, 0.1) is 29.6 Å². The third-order valence-electron chi connectivity index (χ3n) is 12.4. The number of carbonyl (C=O) groups is 4. The number of carbonyl (C=O) groups excluding carboxylic acids is 4. The van der Waals surface area contributed by atoms with Gasteiger partial charge in [0.05, 0.1) is 24.4 Å². The lowest BCUT2D eigenvalue weighted by molar-refractivity contribution is -0.302. The second kappa shape index (κ2) is 20.1. The number of amides is 1. The SMILES string of the molecule is CC[C@@H]1/C=C(\C)C[C@H](C)C[C@H](OC)[C@H]2O[C@@](O)(C(=O)C(=O)N3CCCC[C@H]3C(=O)O[C@H](/C(C)=C/[C@@H]3CC=CC(OC)C3)[C@H](C)[C@@H](O)CC1=O)[C@H](C)C[C@@H]2OC. The van der Waals surface area contributed by atoms with Gasteiger partial charge in [0.15, 0.2) is 0 Å². The fourth-order valence-corrected chi connectivity index (χ4v) is 9.03. The van der Waals surface area contributed by atoms with Crippen LogP contribution < -0.4 is 0 Å². The van der Waals surface area contributed by atoms with Crippen LogP contribution in [0.3, 0.4) is 0 Å². The highest BCUT2D eigenvalue weighted by atomic mass is 16.7. The molecule has 2 bridgehead atoms. The third kappa shape index (κ3) is 10.8. The minimum absolute atomic E-state index is 0.0472. The Morgan fingerprint density at radius 2 is 1.69 bits per heavy atom. The smallest absolute Gasteiger partial charge is 0.329 e. The van der Waals surface area contributed by atoms with E-state index in [1.54, 1.807) is 21.0 Å². The summed E-state index contributed by atoms with van der Waals surface area (Å²) >= 11 is 0. The molecule has 0 aromatic rings. The van der Waals surface area contributed by atoms with E-state index in [2.05, 4.69) is 13.0 Å². The average molecular weight is 774 g/mol. The highest BCUT2D eigenvalue weighted by Crippen LogP contribution is 2.39. The zero-order valence-electron chi connectivity index (χ0n) is 34.5. The summed E-state index contributed by atoms with van der Waals surface area (Å²) in [5, 5.41) is 23.6. The third-order valence-corrected chi connectivity index (χ3v) is 12.4. The summed E-state index contributed by atoms with van der Waals surface area (Å²) in [6.07, 6.45) is 8.71. The van der Waals surface area contributed by atoms with Crippen molar-refractivity contribution in [2.24, 2.45) is 29.6 Å². The number of cyclic esters (lactones) is 1. The van der Waals surface area contributed by atoms with Crippen LogP contribution in [0.1, 0.15) is 106 Å². The first kappa shape index (κ1) is 45.0. The Balaban J connectivity index is 1.77. The largest absolute Gasteiger partial charge is 0.456 e. The van der Waals surface area contributed by atoms with E-state index in [1.165, 1.54) is 19.1 Å². The van der Waals surface area contributed by atoms with E-state index >= 15 is 0 Å². The van der Waals surface area contributed by atoms with Crippen molar-refractivity contribution < 1.29 is 53.1 Å². The molecule has 0 aromatic heterocycles. The summed E-state index contributed by atoms with van der Waals surface area (Å²) in [6.45, 7) is 11.4. The highest BCUT2D eigenvalue weighted by Gasteiger charge is 2.56. The van der Waals surface area contributed by atoms with Crippen LogP contribution in [0.25, 0.3) is 0 Å². The number of methoxy groups -OCH3 is 3. The van der Waals surface area contributed by atoms with Crippen LogP contribution in [0.5, 0.6) is 0 Å². The van der Waals surface area contributed by atoms with E-state index in [-0.39, 0.29) is 49.5 Å². The zero-order valence-corrected chi connectivity index (χ0v) is 34.5. The Hall–Kier alpha value is -2.74. The molecular weight excluding hydrogens is 706 g/mol. The molecule has 3 aliphatic heterocycles. The number of rotatable bonds is 6. The number of aliphatic hydroxyl groups is 2. The fraction of sp³-hybridized carbons (Fsp3) is 0.767. The standard InChI is InChI=1S/C43H67NO11/c1-10-31-19-25(2)18-26(3)20-36(52-8)39-37(53-9)22-28(5)43(50,55-39)40(47)41(48)44-17-12-11-16-33(44)42(49)54-38(29(6)34(45)24-35(31)46)27(4)21-30-14-13-15-32(23-30)51-7/h13,15,19,21,26,28-34,36-39,45,50H,10-12,14,16-18,20,22-24H2,1-9H3/b25-19+,27-21+/t26-,28+,29+,30-,31+,32?,33-,34-,36-,37-,38+,39+,43+/m0/s1. The monoisotopic (exact) mass is 773 g/mol. The van der Waals surface area contributed by atoms with Gasteiger partial charge in [0.2, 0.25) is 5.79 Å². The fourth-order valence-electron chi connectivity index (χ4n) is 9.03. The number of hydrogen-bond donors (Lipinski definition) is 2. The van der Waals surface area contributed by atoms with Crippen molar-refractivity contribution >= 4 is 23.4 Å². The molecule has 4 rings (SSSR count). The number of ketones is 2. The number of allylic oxidation sites excluding steroid dienone is 4. The lowest BCUT2D eigenvalue weighted by atomic mass is 9.82. The Kier molecular flexibility index (Phi) is 16.4. The maximum Gasteiger partial charge on any atom is 0.329 e. The molecule has 0 radical (unpaired) electrons. The molecule has 0 spiro atoms. The molecule has 55 heavy (non-hydrogen) atoms. The van der Waals surface area contributed by atoms with Crippen molar-refractivity contribution in [2.45, 2.75) is 154 Å². The molecule has 4 aliphatic rings. The van der Waals surface area contributed by atoms with Gasteiger partial charge in [-0.15, -0.1) is 0 Å². The lowest BCUT2D eigenvalue weighted by Gasteiger charge is -2.47. The molecule has 1 amide bonds. The van der Waals surface area contributed by atoms with Gasteiger partial charge in [0.1, 0.15) is 24.0 Å². The number of fused-ring (bicyclic) bond motifs is 3. The molecule has 310 valence electrons. The van der Waals surface area contributed by atoms with Crippen LogP contribution >= 0.6 is 0 Å². The van der Waals surface area contributed by atoms with E-state index in [4.69, 9.17) is 23.7 Å². The molecule has 0 aromatic carbocycles. The van der Waals surface area contributed by atoms with Crippen LogP contribution in [-0.4, -0.2) is 115 Å². The molecule has 1 unspecified atom stereocenters. The van der Waals surface area contributed by atoms with Gasteiger partial charge >= 0.3 is 5.97 Å². The Labute approximate surface area is 328 Å². The molecule has 2 fully saturated rings. The minimum atomic E-state index is -2.49. The van der Waals surface area contributed by atoms with E-state index < -0.39 is 77.8 Å². The van der Waals surface area contributed by atoms with Crippen molar-refractivity contribution in [1.82, 2.24) is 4.90 Å². The van der Waals surface area contributed by atoms with Crippen molar-refractivity contribution in [3.8, 4) is 0 Å². The predicted molar refractivity (Wildman–Crippen MR) is 207 cm³/mol. The number of nitrogens with zero attached hydrogens (tertiary/aromatic N) is 1. The zero-order chi connectivity index (χ0) is 40.6. The van der Waals surface area contributed by atoms with Crippen LogP contribution in [-0.2, 0) is 42.9 Å². The summed E-state index contributed by atoms with van der Waals surface area (Å²) < 4.78 is 29.8. The van der Waals surface area contributed by atoms with Gasteiger partial charge in [0.25, 0.3) is 11.7 Å². The topological polar surface area (TPSA) is 158 Å². The Morgan fingerprint density at radius 3 is 2.35 bits per heavy atom. The first-order valence-electron chi connectivity index (χ1n) is 20.4. The normalized spacial score (nSPS) is 40.5. The average Bonchev–Trinajstić information content (AvgIpc) is 3.17. The molecule has 3 heterocycles. The number of aliphatic hydroxyl groups excluding tert-OH is 1. The van der Waals surface area contributed by atoms with Gasteiger partial charge in [-0.25, -0.2) is 4.79 Å². The maximum atomic E-state index is 14.3. The molecule has 2 N–H and O–H groups in total. The van der Waals surface area contributed by atoms with E-state index in [1.807, 2.05) is 39.0 Å². The predicted octanol–water partition coefficient (Wildman–Crippen LogP) is 5.28. The Bertz CT molecular complexity index is 1440. The second-order valence-electron chi connectivity index (χ2n) is 16.7. The van der Waals surface area contributed by atoms with Crippen molar-refractivity contribution in [3.63, 3.8) is 0 Å². The summed E-state index contributed by atoms with van der Waals surface area (Å²) in [4.78, 5) is 57.6. The summed E-state index contributed by atoms with van der Waals surface area (Å²) in [5.41, 5.74) is 1.72. The van der Waals surface area contributed by atoms with Gasteiger partial charge in [0, 0.05) is 52.0 Å². The van der Waals surface area contributed by atoms with Crippen LogP contribution in [0.4, 0.5) is 0 Å². The van der Waals surface area contributed by atoms with E-state index in [0.29, 0.717) is 37.7 Å². The van der Waals surface area contributed by atoms with Crippen LogP contribution in [0.2, 0.25) is 0 Å². The number of ether oxygens (including phenoxy) is 5. The quantitative estimate of drug-likeness (QED) is 0.206. The number of Topliss-reactive ketones (excluding diaryl/α,β-unsaturated/α-hetero) is 2. The number of esters is 1. The maximum absolute atomic E-state index is 14.3. The summed E-state index contributed by atoms with van der Waals surface area (Å²) in [7, 11) is 4.74. The summed E-state index contributed by atoms with van der Waals surface area (Å²) in [6, 6.07) is -1.11. The van der Waals surface area contributed by atoms with Crippen molar-refractivity contribution in [2.75, 3.05) is 27.9 Å². The summed E-state index contributed by atoms with van der Waals surface area (Å²) in [5.74, 6) is -7.23. The van der Waals surface area contributed by atoms with Crippen LogP contribution in [0.15, 0.2) is 35.5 Å². The molecule has 1 aliphatic carbocycles. The van der Waals surface area contributed by atoms with E-state index in [9.17, 15) is 29.4 Å². The van der Waals surface area contributed by atoms with Gasteiger partial charge in [-0.1, -0.05) is 57.6 Å². The van der Waals surface area contributed by atoms with Crippen molar-refractivity contribution in [1.29, 1.82) is 0 Å². The minimum Gasteiger partial charge on any atom is -0.456 e. The Morgan fingerprint density at radius 1 is 1.00 bits per heavy atom. The molecule has 12 heteroatoms. The number of piperidine rings is 1. The molecule has 0 saturated carbocycles. The first-order valence-corrected chi connectivity index (χ1v) is 20.4. The van der Waals surface area contributed by atoms with Gasteiger partial charge < -0.3 is 38.8 Å². The number of hydrogen-bond acceptors (Lipinski definition) is 11. The van der Waals surface area contributed by atoms with Crippen molar-refractivity contribution in [3.05, 3.63) is 35.5 Å². The molecule has 2 saturated heterocycles. The first-order chi connectivity index (χ1) is 26.1. The second-order valence-corrected chi connectivity index (χ2v) is 16.7. The molecule has 13 atom stereocenters. The van der Waals surface area contributed by atoms with Gasteiger partial charge in [-0.05, 0) is 89.0 Å². The highest BCUT2D eigenvalue weighted by molar-refractivity contribution is 6.39. The van der Waals surface area contributed by atoms with Gasteiger partial charge in [-0.2, -0.15) is 0 Å². The molecule has 12 nitrogen and oxygen atoms in total. The lowest BCUT2D eigenvalue weighted by Crippen LogP contribution is -2.64. The molecular formula is C43H67NO11. The van der Waals surface area contributed by atoms with Gasteiger partial charge in [-0.3, -0.25) is 14.4 Å². The van der Waals surface area contributed by atoms with E-state index in [0.717, 1.165) is 18.4 Å².